The molecule has 130 valence electrons. The number of nitrogens with zero attached hydrogens (tertiary/aromatic N) is 2. The topological polar surface area (TPSA) is 99.5 Å². The Labute approximate surface area is 144 Å². The molecule has 0 radical (unpaired) electrons. The molecule has 3 aromatic rings. The van der Waals surface area contributed by atoms with Crippen LogP contribution >= 0.6 is 0 Å². The lowest BCUT2D eigenvalue weighted by Crippen LogP contribution is -2.32. The van der Waals surface area contributed by atoms with E-state index in [4.69, 9.17) is 0 Å². The number of aromatic amines is 1. The van der Waals surface area contributed by atoms with Crippen LogP contribution in [-0.2, 0) is 11.2 Å². The highest BCUT2D eigenvalue weighted by molar-refractivity contribution is 5.79. The van der Waals surface area contributed by atoms with E-state index in [1.165, 1.54) is 6.07 Å². The second-order valence-electron chi connectivity index (χ2n) is 5.97. The molecule has 2 aromatic heterocycles. The number of aryl methyl sites for hydroxylation is 2. The molecule has 0 fully saturated rings. The fourth-order valence-corrected chi connectivity index (χ4v) is 2.94. The summed E-state index contributed by atoms with van der Waals surface area (Å²) in [7, 11) is 0. The summed E-state index contributed by atoms with van der Waals surface area (Å²) in [5, 5.41) is 15.1. The summed E-state index contributed by atoms with van der Waals surface area (Å²) in [6.45, 7) is 3.46. The van der Waals surface area contributed by atoms with E-state index < -0.39 is 6.04 Å². The lowest BCUT2D eigenvalue weighted by atomic mass is 10.1. The van der Waals surface area contributed by atoms with Gasteiger partial charge in [-0.2, -0.15) is 0 Å². The second-order valence-corrected chi connectivity index (χ2v) is 5.97. The molecule has 1 aromatic carbocycles. The summed E-state index contributed by atoms with van der Waals surface area (Å²) in [5.74, 6) is -0.218. The van der Waals surface area contributed by atoms with Crippen LogP contribution in [0.25, 0.3) is 5.65 Å². The summed E-state index contributed by atoms with van der Waals surface area (Å²) in [4.78, 5) is 28.3. The number of carbonyl (C=O) groups is 1. The zero-order valence-corrected chi connectivity index (χ0v) is 14.1. The number of hydrogen-bond donors (Lipinski definition) is 3. The van der Waals surface area contributed by atoms with E-state index in [0.717, 1.165) is 16.8 Å². The largest absolute Gasteiger partial charge is 0.394 e. The fraction of sp³-hybridized carbons (Fsp3) is 0.278. The first-order valence-electron chi connectivity index (χ1n) is 8.02. The minimum Gasteiger partial charge on any atom is -0.394 e. The minimum absolute atomic E-state index is 0.115. The molecule has 0 spiro atoms. The molecule has 0 aliphatic rings. The van der Waals surface area contributed by atoms with E-state index >= 15 is 0 Å². The summed E-state index contributed by atoms with van der Waals surface area (Å²) in [5.41, 5.74) is 3.35. The van der Waals surface area contributed by atoms with Crippen LogP contribution < -0.4 is 10.9 Å². The van der Waals surface area contributed by atoms with Gasteiger partial charge < -0.3 is 10.4 Å². The number of H-pyrrole nitrogens is 1. The molecule has 0 unspecified atom stereocenters. The number of aliphatic hydroxyl groups is 1. The number of rotatable bonds is 5. The fourth-order valence-electron chi connectivity index (χ4n) is 2.94. The van der Waals surface area contributed by atoms with Gasteiger partial charge in [-0.15, -0.1) is 0 Å². The van der Waals surface area contributed by atoms with Crippen molar-refractivity contribution in [3.8, 4) is 0 Å². The molecular formula is C18H20N4O3. The molecule has 1 amide bonds. The maximum Gasteiger partial charge on any atom is 0.266 e. The van der Waals surface area contributed by atoms with Gasteiger partial charge in [0.1, 0.15) is 0 Å². The average molecular weight is 340 g/mol. The molecule has 7 nitrogen and oxygen atoms in total. The van der Waals surface area contributed by atoms with E-state index in [0.29, 0.717) is 11.3 Å². The van der Waals surface area contributed by atoms with Gasteiger partial charge in [-0.25, -0.2) is 9.50 Å². The Bertz CT molecular complexity index is 960. The molecule has 0 saturated heterocycles. The number of hydrogen-bond acceptors (Lipinski definition) is 4. The van der Waals surface area contributed by atoms with Gasteiger partial charge in [0.2, 0.25) is 5.91 Å². The van der Waals surface area contributed by atoms with E-state index in [1.54, 1.807) is 4.52 Å². The zero-order chi connectivity index (χ0) is 18.0. The highest BCUT2D eigenvalue weighted by atomic mass is 16.3. The van der Waals surface area contributed by atoms with E-state index in [-0.39, 0.29) is 24.5 Å². The lowest BCUT2D eigenvalue weighted by molar-refractivity contribution is -0.121. The third kappa shape index (κ3) is 3.46. The van der Waals surface area contributed by atoms with Crippen LogP contribution in [0, 0.1) is 13.8 Å². The summed E-state index contributed by atoms with van der Waals surface area (Å²) in [6, 6.07) is 10.3. The van der Waals surface area contributed by atoms with Gasteiger partial charge in [0, 0.05) is 23.0 Å². The molecule has 0 aliphatic heterocycles. The van der Waals surface area contributed by atoms with E-state index in [1.807, 2.05) is 44.2 Å². The number of aromatic nitrogens is 3. The van der Waals surface area contributed by atoms with Gasteiger partial charge in [-0.05, 0) is 19.4 Å². The maximum absolute atomic E-state index is 12.5. The maximum atomic E-state index is 12.5. The van der Waals surface area contributed by atoms with Crippen molar-refractivity contribution in [2.75, 3.05) is 6.61 Å². The van der Waals surface area contributed by atoms with Crippen LogP contribution in [0.1, 0.15) is 28.6 Å². The Balaban J connectivity index is 1.83. The smallest absolute Gasteiger partial charge is 0.266 e. The number of amides is 1. The van der Waals surface area contributed by atoms with Crippen LogP contribution in [0.2, 0.25) is 0 Å². The zero-order valence-electron chi connectivity index (χ0n) is 14.1. The molecular weight excluding hydrogens is 320 g/mol. The van der Waals surface area contributed by atoms with Gasteiger partial charge in [0.05, 0.1) is 19.1 Å². The van der Waals surface area contributed by atoms with Crippen LogP contribution in [0.5, 0.6) is 0 Å². The Morgan fingerprint density at radius 2 is 2.04 bits per heavy atom. The van der Waals surface area contributed by atoms with E-state index in [9.17, 15) is 14.7 Å². The van der Waals surface area contributed by atoms with Gasteiger partial charge in [0.25, 0.3) is 5.56 Å². The molecule has 3 rings (SSSR count). The number of aliphatic hydroxyl groups excluding tert-OH is 1. The first-order valence-corrected chi connectivity index (χ1v) is 8.02. The number of fused-ring (bicyclic) bond motifs is 1. The van der Waals surface area contributed by atoms with Crippen molar-refractivity contribution in [2.45, 2.75) is 26.3 Å². The van der Waals surface area contributed by atoms with Gasteiger partial charge in [0.15, 0.2) is 5.65 Å². The van der Waals surface area contributed by atoms with Crippen molar-refractivity contribution in [1.29, 1.82) is 0 Å². The van der Waals surface area contributed by atoms with Crippen molar-refractivity contribution in [3.63, 3.8) is 0 Å². The molecule has 1 atom stereocenters. The average Bonchev–Trinajstić information content (AvgIpc) is 2.97. The van der Waals surface area contributed by atoms with Crippen molar-refractivity contribution in [1.82, 2.24) is 19.9 Å². The quantitative estimate of drug-likeness (QED) is 0.646. The van der Waals surface area contributed by atoms with Gasteiger partial charge >= 0.3 is 0 Å². The lowest BCUT2D eigenvalue weighted by Gasteiger charge is -2.18. The SMILES string of the molecule is Cc1nc2cc(=O)[nH]n2c(C)c1CC(=O)N[C@H](CO)c1ccccc1. The first kappa shape index (κ1) is 16.9. The summed E-state index contributed by atoms with van der Waals surface area (Å²) >= 11 is 0. The van der Waals surface area contributed by atoms with Crippen molar-refractivity contribution >= 4 is 11.6 Å². The Kier molecular flexibility index (Phi) is 4.67. The highest BCUT2D eigenvalue weighted by Crippen LogP contribution is 2.16. The monoisotopic (exact) mass is 340 g/mol. The predicted molar refractivity (Wildman–Crippen MR) is 93.4 cm³/mol. The van der Waals surface area contributed by atoms with Crippen LogP contribution in [0.4, 0.5) is 0 Å². The number of carbonyl (C=O) groups excluding carboxylic acids is 1. The molecule has 3 N–H and O–H groups in total. The Morgan fingerprint density at radius 3 is 2.72 bits per heavy atom. The Morgan fingerprint density at radius 1 is 1.32 bits per heavy atom. The third-order valence-electron chi connectivity index (χ3n) is 4.26. The molecule has 7 heteroatoms. The van der Waals surface area contributed by atoms with Crippen molar-refractivity contribution in [3.05, 3.63) is 69.3 Å². The Hall–Kier alpha value is -2.93. The minimum atomic E-state index is -0.461. The molecule has 2 heterocycles. The van der Waals surface area contributed by atoms with Gasteiger partial charge in [-0.3, -0.25) is 14.7 Å². The number of nitrogens with one attached hydrogen (secondary N) is 2. The van der Waals surface area contributed by atoms with Crippen molar-refractivity contribution < 1.29 is 9.90 Å². The molecule has 0 aliphatic carbocycles. The number of benzene rings is 1. The van der Waals surface area contributed by atoms with Gasteiger partial charge in [-0.1, -0.05) is 30.3 Å². The van der Waals surface area contributed by atoms with Crippen molar-refractivity contribution in [2.24, 2.45) is 0 Å². The summed E-state index contributed by atoms with van der Waals surface area (Å²) < 4.78 is 1.58. The predicted octanol–water partition coefficient (Wildman–Crippen LogP) is 1.03. The normalized spacial score (nSPS) is 12.3. The summed E-state index contributed by atoms with van der Waals surface area (Å²) in [6.07, 6.45) is 0.115. The molecule has 25 heavy (non-hydrogen) atoms. The third-order valence-corrected chi connectivity index (χ3v) is 4.26. The molecule has 0 bridgehead atoms. The highest BCUT2D eigenvalue weighted by Gasteiger charge is 2.17. The first-order chi connectivity index (χ1) is 12.0. The standard InChI is InChI=1S/C18H20N4O3/c1-11-14(12(2)22-16(19-11)9-18(25)21-22)8-17(24)20-15(10-23)13-6-4-3-5-7-13/h3-7,9,15,23H,8,10H2,1-2H3,(H,20,24)(H,21,25)/t15-/m1/s1. The second kappa shape index (κ2) is 6.90. The van der Waals surface area contributed by atoms with E-state index in [2.05, 4.69) is 15.4 Å². The van der Waals surface area contributed by atoms with Crippen LogP contribution in [0.15, 0.2) is 41.2 Å². The molecule has 0 saturated carbocycles. The van der Waals surface area contributed by atoms with Crippen LogP contribution in [0.3, 0.4) is 0 Å². The van der Waals surface area contributed by atoms with Crippen LogP contribution in [-0.4, -0.2) is 32.2 Å².